The first kappa shape index (κ1) is 15.2. The minimum atomic E-state index is -0.209. The molecule has 1 aromatic carbocycles. The predicted molar refractivity (Wildman–Crippen MR) is 84.6 cm³/mol. The lowest BCUT2D eigenvalue weighted by Crippen LogP contribution is -2.11. The minimum absolute atomic E-state index is 0.209. The van der Waals surface area contributed by atoms with Crippen molar-refractivity contribution in [3.05, 3.63) is 52.6 Å². The summed E-state index contributed by atoms with van der Waals surface area (Å²) in [6.07, 6.45) is 1.72. The van der Waals surface area contributed by atoms with E-state index in [1.807, 2.05) is 6.92 Å². The van der Waals surface area contributed by atoms with Gasteiger partial charge in [-0.05, 0) is 31.2 Å². The molecule has 118 valence electrons. The van der Waals surface area contributed by atoms with Crippen LogP contribution in [0.1, 0.15) is 27.0 Å². The molecule has 0 aliphatic rings. The average Bonchev–Trinajstić information content (AvgIpc) is 3.14. The van der Waals surface area contributed by atoms with Crippen LogP contribution in [0.25, 0.3) is 0 Å². The Balaban J connectivity index is 1.58. The Bertz CT molecular complexity index is 810. The summed E-state index contributed by atoms with van der Waals surface area (Å²) in [6.45, 7) is 3.86. The van der Waals surface area contributed by atoms with E-state index in [0.717, 1.165) is 4.88 Å². The van der Waals surface area contributed by atoms with Gasteiger partial charge in [0, 0.05) is 23.6 Å². The van der Waals surface area contributed by atoms with E-state index in [1.165, 1.54) is 11.3 Å². The molecule has 0 aliphatic carbocycles. The Labute approximate surface area is 136 Å². The van der Waals surface area contributed by atoms with Gasteiger partial charge in [0.1, 0.15) is 5.75 Å². The van der Waals surface area contributed by atoms with E-state index in [2.05, 4.69) is 20.4 Å². The van der Waals surface area contributed by atoms with Crippen molar-refractivity contribution in [2.45, 2.75) is 20.5 Å². The van der Waals surface area contributed by atoms with E-state index in [0.29, 0.717) is 28.2 Å². The highest BCUT2D eigenvalue weighted by molar-refractivity contribution is 7.15. The molecule has 23 heavy (non-hydrogen) atoms. The summed E-state index contributed by atoms with van der Waals surface area (Å²) < 4.78 is 10.4. The van der Waals surface area contributed by atoms with Crippen molar-refractivity contribution < 1.29 is 14.1 Å². The number of anilines is 1. The largest absolute Gasteiger partial charge is 0.485 e. The van der Waals surface area contributed by atoms with Gasteiger partial charge in [-0.2, -0.15) is 4.98 Å². The second kappa shape index (κ2) is 6.57. The number of hydrogen-bond donors (Lipinski definition) is 1. The molecule has 0 spiro atoms. The Hall–Kier alpha value is -2.74. The molecule has 3 aromatic rings. The van der Waals surface area contributed by atoms with Gasteiger partial charge < -0.3 is 9.26 Å². The normalized spacial score (nSPS) is 10.5. The third-order valence-corrected chi connectivity index (χ3v) is 3.72. The van der Waals surface area contributed by atoms with Crippen molar-refractivity contribution in [1.29, 1.82) is 0 Å². The van der Waals surface area contributed by atoms with Gasteiger partial charge in [0.2, 0.25) is 11.7 Å². The number of carbonyl (C=O) groups is 1. The standard InChI is InChI=1S/C15H14N4O3S/c1-9-7-16-15(23-9)18-14(20)11-3-5-12(6-4-11)21-8-13-17-10(2)22-19-13/h3-7H,8H2,1-2H3,(H,16,18,20). The van der Waals surface area contributed by atoms with E-state index < -0.39 is 0 Å². The van der Waals surface area contributed by atoms with Crippen LogP contribution in [0.5, 0.6) is 5.75 Å². The number of aromatic nitrogens is 3. The molecule has 0 saturated heterocycles. The monoisotopic (exact) mass is 330 g/mol. The van der Waals surface area contributed by atoms with Gasteiger partial charge in [-0.25, -0.2) is 4.98 Å². The van der Waals surface area contributed by atoms with E-state index in [4.69, 9.17) is 9.26 Å². The fourth-order valence-corrected chi connectivity index (χ4v) is 2.49. The highest BCUT2D eigenvalue weighted by Gasteiger charge is 2.09. The van der Waals surface area contributed by atoms with Crippen molar-refractivity contribution in [2.75, 3.05) is 5.32 Å². The maximum atomic E-state index is 12.1. The number of hydrogen-bond acceptors (Lipinski definition) is 7. The fraction of sp³-hybridized carbons (Fsp3) is 0.200. The number of nitrogens with zero attached hydrogens (tertiary/aromatic N) is 3. The van der Waals surface area contributed by atoms with Crippen LogP contribution in [-0.4, -0.2) is 21.0 Å². The van der Waals surface area contributed by atoms with E-state index in [-0.39, 0.29) is 12.5 Å². The lowest BCUT2D eigenvalue weighted by atomic mass is 10.2. The second-order valence-corrected chi connectivity index (χ2v) is 6.01. The lowest BCUT2D eigenvalue weighted by molar-refractivity contribution is 0.102. The van der Waals surface area contributed by atoms with Crippen molar-refractivity contribution in [3.8, 4) is 5.75 Å². The topological polar surface area (TPSA) is 90.1 Å². The highest BCUT2D eigenvalue weighted by atomic mass is 32.1. The van der Waals surface area contributed by atoms with Crippen molar-refractivity contribution in [1.82, 2.24) is 15.1 Å². The van der Waals surface area contributed by atoms with Gasteiger partial charge in [-0.1, -0.05) is 5.16 Å². The summed E-state index contributed by atoms with van der Waals surface area (Å²) in [5, 5.41) is 7.08. The molecule has 3 rings (SSSR count). The van der Waals surface area contributed by atoms with Crippen LogP contribution in [0.15, 0.2) is 35.0 Å². The molecule has 0 unspecified atom stereocenters. The molecule has 7 nitrogen and oxygen atoms in total. The Morgan fingerprint density at radius 1 is 1.30 bits per heavy atom. The summed E-state index contributed by atoms with van der Waals surface area (Å²) in [7, 11) is 0. The quantitative estimate of drug-likeness (QED) is 0.773. The predicted octanol–water partition coefficient (Wildman–Crippen LogP) is 2.97. The van der Waals surface area contributed by atoms with Crippen LogP contribution in [0.2, 0.25) is 0 Å². The first-order chi connectivity index (χ1) is 11.1. The molecule has 0 radical (unpaired) electrons. The molecular weight excluding hydrogens is 316 g/mol. The van der Waals surface area contributed by atoms with Crippen molar-refractivity contribution in [3.63, 3.8) is 0 Å². The van der Waals surface area contributed by atoms with Gasteiger partial charge in [0.25, 0.3) is 5.91 Å². The van der Waals surface area contributed by atoms with Crippen molar-refractivity contribution in [2.24, 2.45) is 0 Å². The average molecular weight is 330 g/mol. The number of nitrogens with one attached hydrogen (secondary N) is 1. The number of amides is 1. The van der Waals surface area contributed by atoms with Crippen LogP contribution in [0, 0.1) is 13.8 Å². The molecule has 2 aromatic heterocycles. The van der Waals surface area contributed by atoms with E-state index in [9.17, 15) is 4.79 Å². The molecule has 0 fully saturated rings. The zero-order valence-electron chi connectivity index (χ0n) is 12.6. The summed E-state index contributed by atoms with van der Waals surface area (Å²) >= 11 is 1.43. The van der Waals surface area contributed by atoms with E-state index in [1.54, 1.807) is 37.4 Å². The number of carbonyl (C=O) groups excluding carboxylic acids is 1. The highest BCUT2D eigenvalue weighted by Crippen LogP contribution is 2.19. The minimum Gasteiger partial charge on any atom is -0.485 e. The Morgan fingerprint density at radius 3 is 2.70 bits per heavy atom. The summed E-state index contributed by atoms with van der Waals surface area (Å²) in [4.78, 5) is 21.3. The summed E-state index contributed by atoms with van der Waals surface area (Å²) in [5.41, 5.74) is 0.528. The van der Waals surface area contributed by atoms with Gasteiger partial charge in [0.05, 0.1) is 0 Å². The van der Waals surface area contributed by atoms with Crippen LogP contribution in [0.4, 0.5) is 5.13 Å². The van der Waals surface area contributed by atoms with Crippen LogP contribution < -0.4 is 10.1 Å². The number of thiazole rings is 1. The Kier molecular flexibility index (Phi) is 4.33. The second-order valence-electron chi connectivity index (χ2n) is 4.77. The van der Waals surface area contributed by atoms with Gasteiger partial charge in [0.15, 0.2) is 11.7 Å². The molecule has 0 bridgehead atoms. The molecule has 0 atom stereocenters. The maximum absolute atomic E-state index is 12.1. The number of ether oxygens (including phenoxy) is 1. The summed E-state index contributed by atoms with van der Waals surface area (Å²) in [5.74, 6) is 1.38. The first-order valence-electron chi connectivity index (χ1n) is 6.86. The smallest absolute Gasteiger partial charge is 0.257 e. The molecule has 8 heteroatoms. The molecular formula is C15H14N4O3S. The van der Waals surface area contributed by atoms with Crippen LogP contribution >= 0.6 is 11.3 Å². The third kappa shape index (κ3) is 3.92. The zero-order valence-corrected chi connectivity index (χ0v) is 13.4. The van der Waals surface area contributed by atoms with E-state index >= 15 is 0 Å². The van der Waals surface area contributed by atoms with Gasteiger partial charge in [-0.15, -0.1) is 11.3 Å². The summed E-state index contributed by atoms with van der Waals surface area (Å²) in [6, 6.07) is 6.81. The zero-order chi connectivity index (χ0) is 16.2. The SMILES string of the molecule is Cc1nc(COc2ccc(C(=O)Nc3ncc(C)s3)cc2)no1. The number of benzene rings is 1. The van der Waals surface area contributed by atoms with Gasteiger partial charge >= 0.3 is 0 Å². The van der Waals surface area contributed by atoms with Crippen LogP contribution in [0.3, 0.4) is 0 Å². The Morgan fingerprint density at radius 2 is 2.09 bits per heavy atom. The number of aryl methyl sites for hydroxylation is 2. The molecule has 1 N–H and O–H groups in total. The molecule has 0 aliphatic heterocycles. The van der Waals surface area contributed by atoms with Crippen molar-refractivity contribution >= 4 is 22.4 Å². The molecule has 2 heterocycles. The van der Waals surface area contributed by atoms with Crippen LogP contribution in [-0.2, 0) is 6.61 Å². The molecule has 0 saturated carbocycles. The first-order valence-corrected chi connectivity index (χ1v) is 7.67. The molecule has 1 amide bonds. The maximum Gasteiger partial charge on any atom is 0.257 e. The number of rotatable bonds is 5. The lowest BCUT2D eigenvalue weighted by Gasteiger charge is -2.05. The van der Waals surface area contributed by atoms with Gasteiger partial charge in [-0.3, -0.25) is 10.1 Å². The third-order valence-electron chi connectivity index (χ3n) is 2.90. The fourth-order valence-electron chi connectivity index (χ4n) is 1.83.